The number of benzene rings is 2. The predicted octanol–water partition coefficient (Wildman–Crippen LogP) is 4.87. The van der Waals surface area contributed by atoms with Gasteiger partial charge in [-0.1, -0.05) is 18.2 Å². The summed E-state index contributed by atoms with van der Waals surface area (Å²) in [6.07, 6.45) is 1.22. The summed E-state index contributed by atoms with van der Waals surface area (Å²) in [7, 11) is 1.52. The summed E-state index contributed by atoms with van der Waals surface area (Å²) in [4.78, 5) is 25.3. The Morgan fingerprint density at radius 2 is 1.82 bits per heavy atom. The van der Waals surface area contributed by atoms with Crippen LogP contribution >= 0.6 is 11.3 Å². The highest BCUT2D eigenvalue weighted by atomic mass is 32.1. The maximum absolute atomic E-state index is 12.7. The summed E-state index contributed by atoms with van der Waals surface area (Å²) in [6, 6.07) is 15.0. The number of methoxy groups -OCH3 is 1. The number of para-hydroxylation sites is 2. The topological polar surface area (TPSA) is 75.0 Å². The van der Waals surface area contributed by atoms with Crippen molar-refractivity contribution >= 4 is 28.3 Å². The van der Waals surface area contributed by atoms with E-state index in [4.69, 9.17) is 18.6 Å². The van der Waals surface area contributed by atoms with Crippen molar-refractivity contribution in [1.82, 2.24) is 0 Å². The number of esters is 1. The molecule has 0 saturated carbocycles. The first-order valence-corrected chi connectivity index (χ1v) is 9.16. The van der Waals surface area contributed by atoms with E-state index >= 15 is 0 Å². The molecule has 4 aromatic rings. The predicted molar refractivity (Wildman–Crippen MR) is 105 cm³/mol. The second-order valence-electron chi connectivity index (χ2n) is 5.71. The van der Waals surface area contributed by atoms with E-state index < -0.39 is 5.97 Å². The normalized spacial score (nSPS) is 10.6. The lowest BCUT2D eigenvalue weighted by molar-refractivity contribution is 0.0740. The zero-order valence-electron chi connectivity index (χ0n) is 14.7. The molecule has 28 heavy (non-hydrogen) atoms. The van der Waals surface area contributed by atoms with Crippen molar-refractivity contribution in [3.8, 4) is 23.0 Å². The van der Waals surface area contributed by atoms with Crippen molar-refractivity contribution in [2.75, 3.05) is 7.11 Å². The molecule has 0 fully saturated rings. The SMILES string of the molecule is COc1ccccc1Oc1coc2cc(OC(=O)c3cccs3)ccc2c1=O. The van der Waals surface area contributed by atoms with Gasteiger partial charge in [-0.25, -0.2) is 4.79 Å². The van der Waals surface area contributed by atoms with Crippen LogP contribution in [0.2, 0.25) is 0 Å². The van der Waals surface area contributed by atoms with E-state index in [0.29, 0.717) is 21.8 Å². The molecule has 0 atom stereocenters. The van der Waals surface area contributed by atoms with Crippen LogP contribution in [0.1, 0.15) is 9.67 Å². The molecule has 2 heterocycles. The molecule has 140 valence electrons. The summed E-state index contributed by atoms with van der Waals surface area (Å²) in [5, 5.41) is 2.10. The van der Waals surface area contributed by atoms with Crippen molar-refractivity contribution in [3.05, 3.63) is 81.3 Å². The summed E-state index contributed by atoms with van der Waals surface area (Å²) in [5.41, 5.74) is -0.0582. The van der Waals surface area contributed by atoms with E-state index in [9.17, 15) is 9.59 Å². The number of carbonyl (C=O) groups excluding carboxylic acids is 1. The average Bonchev–Trinajstić information content (AvgIpc) is 3.25. The van der Waals surface area contributed by atoms with Gasteiger partial charge in [-0.05, 0) is 35.7 Å². The maximum Gasteiger partial charge on any atom is 0.353 e. The summed E-state index contributed by atoms with van der Waals surface area (Å²) < 4.78 is 21.7. The van der Waals surface area contributed by atoms with Crippen LogP contribution in [0.15, 0.2) is 75.5 Å². The Hall–Kier alpha value is -3.58. The van der Waals surface area contributed by atoms with Gasteiger partial charge in [0.05, 0.1) is 12.5 Å². The zero-order valence-corrected chi connectivity index (χ0v) is 15.5. The average molecular weight is 394 g/mol. The van der Waals surface area contributed by atoms with Crippen LogP contribution in [0, 0.1) is 0 Å². The first kappa shape index (κ1) is 17.8. The molecule has 0 N–H and O–H groups in total. The number of carbonyl (C=O) groups is 1. The fraction of sp³-hybridized carbons (Fsp3) is 0.0476. The Balaban J connectivity index is 1.63. The van der Waals surface area contributed by atoms with Crippen LogP contribution in [0.5, 0.6) is 23.0 Å². The van der Waals surface area contributed by atoms with Gasteiger partial charge in [-0.2, -0.15) is 0 Å². The van der Waals surface area contributed by atoms with Crippen molar-refractivity contribution in [2.45, 2.75) is 0 Å². The van der Waals surface area contributed by atoms with Gasteiger partial charge in [0.2, 0.25) is 11.2 Å². The number of rotatable bonds is 5. The second-order valence-corrected chi connectivity index (χ2v) is 6.65. The summed E-state index contributed by atoms with van der Waals surface area (Å²) in [6.45, 7) is 0. The molecule has 0 spiro atoms. The first-order chi connectivity index (χ1) is 13.7. The van der Waals surface area contributed by atoms with Gasteiger partial charge in [0.25, 0.3) is 0 Å². The van der Waals surface area contributed by atoms with E-state index in [1.54, 1.807) is 41.8 Å². The minimum Gasteiger partial charge on any atom is -0.493 e. The van der Waals surface area contributed by atoms with Crippen LogP contribution in [0.4, 0.5) is 0 Å². The highest BCUT2D eigenvalue weighted by Crippen LogP contribution is 2.30. The Morgan fingerprint density at radius 3 is 2.57 bits per heavy atom. The van der Waals surface area contributed by atoms with Crippen molar-refractivity contribution in [3.63, 3.8) is 0 Å². The fourth-order valence-corrected chi connectivity index (χ4v) is 3.20. The van der Waals surface area contributed by atoms with Crippen molar-refractivity contribution < 1.29 is 23.4 Å². The third-order valence-electron chi connectivity index (χ3n) is 3.94. The van der Waals surface area contributed by atoms with E-state index in [0.717, 1.165) is 0 Å². The third kappa shape index (κ3) is 3.47. The lowest BCUT2D eigenvalue weighted by atomic mass is 10.2. The van der Waals surface area contributed by atoms with Crippen LogP contribution < -0.4 is 19.6 Å². The van der Waals surface area contributed by atoms with Gasteiger partial charge < -0.3 is 18.6 Å². The number of ether oxygens (including phenoxy) is 3. The van der Waals surface area contributed by atoms with Gasteiger partial charge in [0.15, 0.2) is 11.5 Å². The Labute approximate surface area is 163 Å². The number of hydrogen-bond donors (Lipinski definition) is 0. The zero-order chi connectivity index (χ0) is 19.5. The smallest absolute Gasteiger partial charge is 0.353 e. The lowest BCUT2D eigenvalue weighted by Gasteiger charge is -2.09. The minimum atomic E-state index is -0.465. The Bertz CT molecular complexity index is 1190. The van der Waals surface area contributed by atoms with E-state index in [-0.39, 0.29) is 22.5 Å². The molecule has 4 rings (SSSR count). The molecule has 0 bridgehead atoms. The number of thiophene rings is 1. The van der Waals surface area contributed by atoms with Gasteiger partial charge in [0, 0.05) is 6.07 Å². The molecule has 0 aliphatic heterocycles. The minimum absolute atomic E-state index is 0.0281. The quantitative estimate of drug-likeness (QED) is 0.355. The van der Waals surface area contributed by atoms with Crippen molar-refractivity contribution in [1.29, 1.82) is 0 Å². The molecule has 0 unspecified atom stereocenters. The molecular formula is C21H14O6S. The van der Waals surface area contributed by atoms with Gasteiger partial charge >= 0.3 is 5.97 Å². The summed E-state index contributed by atoms with van der Waals surface area (Å²) >= 11 is 1.29. The van der Waals surface area contributed by atoms with Gasteiger partial charge in [-0.3, -0.25) is 4.79 Å². The third-order valence-corrected chi connectivity index (χ3v) is 4.79. The lowest BCUT2D eigenvalue weighted by Crippen LogP contribution is -2.08. The highest BCUT2D eigenvalue weighted by molar-refractivity contribution is 7.12. The monoisotopic (exact) mass is 394 g/mol. The standard InChI is InChI=1S/C21H14O6S/c1-24-15-5-2-3-6-16(15)27-18-12-25-17-11-13(8-9-14(17)20(18)22)26-21(23)19-7-4-10-28-19/h2-12H,1H3. The highest BCUT2D eigenvalue weighted by Gasteiger charge is 2.14. The Morgan fingerprint density at radius 1 is 1.00 bits per heavy atom. The van der Waals surface area contributed by atoms with Crippen LogP contribution in [0.3, 0.4) is 0 Å². The van der Waals surface area contributed by atoms with Gasteiger partial charge in [-0.15, -0.1) is 11.3 Å². The molecule has 2 aromatic heterocycles. The Kier molecular flexibility index (Phi) is 4.82. The largest absolute Gasteiger partial charge is 0.493 e. The first-order valence-electron chi connectivity index (χ1n) is 8.28. The molecule has 6 nitrogen and oxygen atoms in total. The van der Waals surface area contributed by atoms with Crippen molar-refractivity contribution in [2.24, 2.45) is 0 Å². The van der Waals surface area contributed by atoms with Crippen LogP contribution in [-0.2, 0) is 0 Å². The molecule has 0 saturated heterocycles. The maximum atomic E-state index is 12.7. The van der Waals surface area contributed by atoms with E-state index in [1.165, 1.54) is 42.9 Å². The molecule has 0 aliphatic carbocycles. The molecule has 2 aromatic carbocycles. The van der Waals surface area contributed by atoms with Crippen LogP contribution in [-0.4, -0.2) is 13.1 Å². The number of hydrogen-bond acceptors (Lipinski definition) is 7. The molecule has 0 aliphatic rings. The molecule has 0 amide bonds. The molecular weight excluding hydrogens is 380 g/mol. The van der Waals surface area contributed by atoms with E-state index in [2.05, 4.69) is 0 Å². The van der Waals surface area contributed by atoms with Gasteiger partial charge in [0.1, 0.15) is 22.5 Å². The fourth-order valence-electron chi connectivity index (χ4n) is 2.60. The number of fused-ring (bicyclic) bond motifs is 1. The van der Waals surface area contributed by atoms with Crippen LogP contribution in [0.25, 0.3) is 11.0 Å². The molecule has 0 radical (unpaired) electrons. The summed E-state index contributed by atoms with van der Waals surface area (Å²) in [5.74, 6) is 0.747. The van der Waals surface area contributed by atoms with E-state index in [1.807, 2.05) is 0 Å². The second kappa shape index (κ2) is 7.58. The molecule has 7 heteroatoms.